The zero-order valence-electron chi connectivity index (χ0n) is 7.57. The minimum Gasteiger partial charge on any atom is -0.206 e. The number of benzene rings is 1. The van der Waals surface area contributed by atoms with Gasteiger partial charge < -0.3 is 0 Å². The highest BCUT2D eigenvalue weighted by Gasteiger charge is 2.16. The van der Waals surface area contributed by atoms with Crippen molar-refractivity contribution in [3.63, 3.8) is 0 Å². The summed E-state index contributed by atoms with van der Waals surface area (Å²) in [6.07, 6.45) is -2.08. The van der Waals surface area contributed by atoms with Gasteiger partial charge in [-0.05, 0) is 30.5 Å². The van der Waals surface area contributed by atoms with Gasteiger partial charge in [0.25, 0.3) is 6.43 Å². The summed E-state index contributed by atoms with van der Waals surface area (Å²) in [6.45, 7) is 3.36. The molecule has 0 fully saturated rings. The molecule has 0 saturated heterocycles. The highest BCUT2D eigenvalue weighted by Crippen LogP contribution is 2.26. The average Bonchev–Trinajstić information content (AvgIpc) is 2.02. The summed E-state index contributed by atoms with van der Waals surface area (Å²) in [4.78, 5) is 0. The molecule has 0 nitrogen and oxygen atoms in total. The van der Waals surface area contributed by atoms with Crippen molar-refractivity contribution < 1.29 is 13.2 Å². The lowest BCUT2D eigenvalue weighted by Gasteiger charge is -2.08. The molecule has 72 valence electrons. The normalized spacial score (nSPS) is 10.9. The first-order valence-corrected chi connectivity index (χ1v) is 4.13. The van der Waals surface area contributed by atoms with Crippen LogP contribution in [-0.4, -0.2) is 0 Å². The smallest absolute Gasteiger partial charge is 0.206 e. The van der Waals surface area contributed by atoms with Gasteiger partial charge in [-0.25, -0.2) is 13.2 Å². The van der Waals surface area contributed by atoms with Crippen molar-refractivity contribution in [2.75, 3.05) is 0 Å². The van der Waals surface area contributed by atoms with Gasteiger partial charge in [0.15, 0.2) is 0 Å². The van der Waals surface area contributed by atoms with Gasteiger partial charge in [0.1, 0.15) is 5.82 Å². The van der Waals surface area contributed by atoms with Gasteiger partial charge >= 0.3 is 0 Å². The van der Waals surface area contributed by atoms with E-state index < -0.39 is 17.8 Å². The van der Waals surface area contributed by atoms with Crippen LogP contribution in [0.15, 0.2) is 12.1 Å². The van der Waals surface area contributed by atoms with Crippen LogP contribution in [0, 0.1) is 12.7 Å². The van der Waals surface area contributed by atoms with Crippen LogP contribution in [-0.2, 0) is 6.42 Å². The van der Waals surface area contributed by atoms with Crippen molar-refractivity contribution in [1.29, 1.82) is 0 Å². The molecule has 0 bridgehead atoms. The van der Waals surface area contributed by atoms with E-state index in [9.17, 15) is 13.2 Å². The first-order valence-electron chi connectivity index (χ1n) is 4.13. The molecule has 0 aliphatic heterocycles. The number of rotatable bonds is 2. The molecule has 1 aromatic carbocycles. The molecule has 0 amide bonds. The van der Waals surface area contributed by atoms with E-state index in [2.05, 4.69) is 0 Å². The van der Waals surface area contributed by atoms with E-state index in [1.807, 2.05) is 6.92 Å². The van der Waals surface area contributed by atoms with Crippen molar-refractivity contribution in [1.82, 2.24) is 0 Å². The summed E-state index contributed by atoms with van der Waals surface area (Å²) >= 11 is 0. The lowest BCUT2D eigenvalue weighted by molar-refractivity contribution is 0.145. The van der Waals surface area contributed by atoms with Crippen LogP contribution in [0.5, 0.6) is 0 Å². The monoisotopic (exact) mass is 188 g/mol. The minimum absolute atomic E-state index is 0.326. The van der Waals surface area contributed by atoms with E-state index in [-0.39, 0.29) is 0 Å². The first-order chi connectivity index (χ1) is 6.06. The van der Waals surface area contributed by atoms with Gasteiger partial charge in [-0.15, -0.1) is 0 Å². The predicted molar refractivity (Wildman–Crippen MR) is 45.5 cm³/mol. The fraction of sp³-hybridized carbons (Fsp3) is 0.400. The van der Waals surface area contributed by atoms with Crippen molar-refractivity contribution in [2.24, 2.45) is 0 Å². The van der Waals surface area contributed by atoms with Gasteiger partial charge in [0, 0.05) is 0 Å². The highest BCUT2D eigenvalue weighted by molar-refractivity contribution is 5.33. The maximum absolute atomic E-state index is 13.1. The summed E-state index contributed by atoms with van der Waals surface area (Å²) in [5.74, 6) is -0.799. The zero-order chi connectivity index (χ0) is 10.0. The molecule has 0 N–H and O–H groups in total. The van der Waals surface area contributed by atoms with Crippen LogP contribution < -0.4 is 0 Å². The molecule has 0 heterocycles. The van der Waals surface area contributed by atoms with E-state index in [1.165, 1.54) is 13.0 Å². The van der Waals surface area contributed by atoms with Crippen molar-refractivity contribution in [3.8, 4) is 0 Å². The molecule has 0 aromatic heterocycles. The summed E-state index contributed by atoms with van der Waals surface area (Å²) in [5.41, 5.74) is 0.600. The van der Waals surface area contributed by atoms with Crippen molar-refractivity contribution in [2.45, 2.75) is 26.7 Å². The molecule has 3 heteroatoms. The van der Waals surface area contributed by atoms with Gasteiger partial charge in [-0.2, -0.15) is 0 Å². The van der Waals surface area contributed by atoms with Gasteiger partial charge in [-0.3, -0.25) is 0 Å². The maximum atomic E-state index is 13.1. The molecule has 0 saturated carbocycles. The van der Waals surface area contributed by atoms with Gasteiger partial charge in [0.05, 0.1) is 5.56 Å². The molecule has 1 rings (SSSR count). The third-order valence-electron chi connectivity index (χ3n) is 2.02. The lowest BCUT2D eigenvalue weighted by atomic mass is 10.0. The number of alkyl halides is 2. The second-order valence-corrected chi connectivity index (χ2v) is 2.96. The number of hydrogen-bond acceptors (Lipinski definition) is 0. The summed E-state index contributed by atoms with van der Waals surface area (Å²) in [5, 5.41) is 0. The van der Waals surface area contributed by atoms with Gasteiger partial charge in [-0.1, -0.05) is 13.0 Å². The lowest BCUT2D eigenvalue weighted by Crippen LogP contribution is -1.97. The Kier molecular flexibility index (Phi) is 2.96. The summed E-state index contributed by atoms with van der Waals surface area (Å²) < 4.78 is 37.6. The number of hydrogen-bond donors (Lipinski definition) is 0. The predicted octanol–water partition coefficient (Wildman–Crippen LogP) is 3.63. The Morgan fingerprint density at radius 3 is 2.31 bits per heavy atom. The maximum Gasteiger partial charge on any atom is 0.266 e. The van der Waals surface area contributed by atoms with Crippen molar-refractivity contribution in [3.05, 3.63) is 34.6 Å². The van der Waals surface area contributed by atoms with Crippen molar-refractivity contribution >= 4 is 0 Å². The standard InChI is InChI=1S/C10H11F3/c1-3-7-4-6(2)9(10(12)13)8(11)5-7/h4-5,10H,3H2,1-2H3. The molecular weight excluding hydrogens is 177 g/mol. The Balaban J connectivity index is 3.23. The second-order valence-electron chi connectivity index (χ2n) is 2.96. The molecule has 13 heavy (non-hydrogen) atoms. The topological polar surface area (TPSA) is 0 Å². The third kappa shape index (κ3) is 2.02. The fourth-order valence-electron chi connectivity index (χ4n) is 1.31. The largest absolute Gasteiger partial charge is 0.266 e. The molecule has 0 aliphatic rings. The molecule has 0 radical (unpaired) electrons. The van der Waals surface area contributed by atoms with Crippen LogP contribution >= 0.6 is 0 Å². The minimum atomic E-state index is -2.73. The third-order valence-corrected chi connectivity index (χ3v) is 2.02. The molecule has 0 unspecified atom stereocenters. The Hall–Kier alpha value is -0.990. The molecular formula is C10H11F3. The number of halogens is 3. The summed E-state index contributed by atoms with van der Waals surface area (Å²) in [7, 11) is 0. The number of aryl methyl sites for hydroxylation is 2. The quantitative estimate of drug-likeness (QED) is 0.664. The van der Waals surface area contributed by atoms with Crippen LogP contribution in [0.3, 0.4) is 0 Å². The van der Waals surface area contributed by atoms with Crippen LogP contribution in [0.25, 0.3) is 0 Å². The molecule has 0 aliphatic carbocycles. The Labute approximate surface area is 75.4 Å². The second kappa shape index (κ2) is 3.81. The van der Waals surface area contributed by atoms with Crippen LogP contribution in [0.2, 0.25) is 0 Å². The Bertz CT molecular complexity index is 282. The molecule has 0 atom stereocenters. The van der Waals surface area contributed by atoms with E-state index in [0.29, 0.717) is 12.0 Å². The average molecular weight is 188 g/mol. The zero-order valence-corrected chi connectivity index (χ0v) is 7.57. The fourth-order valence-corrected chi connectivity index (χ4v) is 1.31. The summed E-state index contributed by atoms with van der Waals surface area (Å²) in [6, 6.07) is 2.78. The Morgan fingerprint density at radius 1 is 1.31 bits per heavy atom. The SMILES string of the molecule is CCc1cc(C)c(C(F)F)c(F)c1. The van der Waals surface area contributed by atoms with Crippen LogP contribution in [0.4, 0.5) is 13.2 Å². The Morgan fingerprint density at radius 2 is 1.92 bits per heavy atom. The highest BCUT2D eigenvalue weighted by atomic mass is 19.3. The molecule has 0 spiro atoms. The van der Waals surface area contributed by atoms with E-state index in [0.717, 1.165) is 5.56 Å². The van der Waals surface area contributed by atoms with E-state index >= 15 is 0 Å². The van der Waals surface area contributed by atoms with Gasteiger partial charge in [0.2, 0.25) is 0 Å². The van der Waals surface area contributed by atoms with Crippen LogP contribution in [0.1, 0.15) is 30.0 Å². The van der Waals surface area contributed by atoms with E-state index in [4.69, 9.17) is 0 Å². The first kappa shape index (κ1) is 10.1. The van der Waals surface area contributed by atoms with E-state index in [1.54, 1.807) is 6.07 Å². The molecule has 1 aromatic rings.